The molecule has 1 unspecified atom stereocenters. The van der Waals surface area contributed by atoms with Gasteiger partial charge in [-0.3, -0.25) is 4.79 Å². The number of benzene rings is 1. The number of likely N-dealkylation sites (tertiary alicyclic amines) is 1. The molecule has 9 heteroatoms. The van der Waals surface area contributed by atoms with Crippen LogP contribution in [-0.4, -0.2) is 60.3 Å². The van der Waals surface area contributed by atoms with E-state index in [9.17, 15) is 27.5 Å². The van der Waals surface area contributed by atoms with Crippen molar-refractivity contribution in [3.8, 4) is 0 Å². The first-order valence-electron chi connectivity index (χ1n) is 8.07. The Labute approximate surface area is 146 Å². The lowest BCUT2D eigenvalue weighted by Gasteiger charge is -2.23. The van der Waals surface area contributed by atoms with Crippen molar-refractivity contribution in [3.63, 3.8) is 0 Å². The molecule has 7 nitrogen and oxygen atoms in total. The molecule has 25 heavy (non-hydrogen) atoms. The minimum atomic E-state index is -3.85. The van der Waals surface area contributed by atoms with Gasteiger partial charge in [0.05, 0.1) is 10.5 Å². The first kappa shape index (κ1) is 19.3. The number of carbonyl (C=O) groups excluding carboxylic acids is 1. The molecule has 0 saturated carbocycles. The quantitative estimate of drug-likeness (QED) is 0.817. The maximum atomic E-state index is 14.2. The first-order valence-corrected chi connectivity index (χ1v) is 9.51. The van der Waals surface area contributed by atoms with E-state index in [1.54, 1.807) is 13.8 Å². The summed E-state index contributed by atoms with van der Waals surface area (Å²) in [5.41, 5.74) is -0.429. The average Bonchev–Trinajstić information content (AvgIpc) is 3.05. The second-order valence-corrected chi connectivity index (χ2v) is 7.66. The zero-order valence-electron chi connectivity index (χ0n) is 14.1. The van der Waals surface area contributed by atoms with E-state index in [-0.39, 0.29) is 24.5 Å². The van der Waals surface area contributed by atoms with E-state index in [1.807, 2.05) is 0 Å². The van der Waals surface area contributed by atoms with Crippen molar-refractivity contribution in [2.75, 3.05) is 19.6 Å². The van der Waals surface area contributed by atoms with E-state index in [4.69, 9.17) is 0 Å². The number of rotatable bonds is 6. The van der Waals surface area contributed by atoms with E-state index in [0.717, 1.165) is 23.1 Å². The molecule has 1 aromatic rings. The minimum absolute atomic E-state index is 0.188. The maximum Gasteiger partial charge on any atom is 0.326 e. The third-order valence-corrected chi connectivity index (χ3v) is 6.36. The number of hydrogen-bond acceptors (Lipinski definition) is 4. The van der Waals surface area contributed by atoms with Crippen molar-refractivity contribution in [1.29, 1.82) is 0 Å². The second kappa shape index (κ2) is 7.49. The van der Waals surface area contributed by atoms with E-state index < -0.39 is 39.3 Å². The Morgan fingerprint density at radius 3 is 2.52 bits per heavy atom. The van der Waals surface area contributed by atoms with Gasteiger partial charge in [-0.15, -0.1) is 0 Å². The molecule has 1 heterocycles. The lowest BCUT2D eigenvalue weighted by atomic mass is 10.1. The van der Waals surface area contributed by atoms with Crippen LogP contribution in [0.25, 0.3) is 0 Å². The van der Waals surface area contributed by atoms with Crippen LogP contribution >= 0.6 is 0 Å². The van der Waals surface area contributed by atoms with Gasteiger partial charge < -0.3 is 10.0 Å². The third-order valence-electron chi connectivity index (χ3n) is 4.31. The van der Waals surface area contributed by atoms with Crippen LogP contribution in [0.15, 0.2) is 23.1 Å². The number of sulfonamides is 1. The first-order chi connectivity index (χ1) is 11.7. The zero-order chi connectivity index (χ0) is 18.8. The minimum Gasteiger partial charge on any atom is -0.480 e. The fourth-order valence-corrected chi connectivity index (χ4v) is 4.45. The Hall–Kier alpha value is -2.00. The van der Waals surface area contributed by atoms with Gasteiger partial charge in [-0.05, 0) is 31.0 Å². The lowest BCUT2D eigenvalue weighted by molar-refractivity contribution is -0.141. The standard InChI is InChI=1S/C16H21FN2O5S/c1-3-18(4-2)25(23,24)11-7-8-13(17)12(10-11)15(20)19-9-5-6-14(19)16(21)22/h7-8,10,14H,3-6,9H2,1-2H3,(H,21,22). The molecule has 1 aromatic carbocycles. The molecular weight excluding hydrogens is 351 g/mol. The molecule has 1 saturated heterocycles. The van der Waals surface area contributed by atoms with Crippen molar-refractivity contribution in [3.05, 3.63) is 29.6 Å². The van der Waals surface area contributed by atoms with Crippen LogP contribution in [0.1, 0.15) is 37.0 Å². The van der Waals surface area contributed by atoms with Gasteiger partial charge in [0, 0.05) is 19.6 Å². The van der Waals surface area contributed by atoms with Crippen LogP contribution in [0.3, 0.4) is 0 Å². The van der Waals surface area contributed by atoms with E-state index in [2.05, 4.69) is 0 Å². The summed E-state index contributed by atoms with van der Waals surface area (Å²) in [6, 6.07) is 2.01. The Morgan fingerprint density at radius 2 is 1.96 bits per heavy atom. The summed E-state index contributed by atoms with van der Waals surface area (Å²) in [6.45, 7) is 4.04. The van der Waals surface area contributed by atoms with Gasteiger partial charge in [0.1, 0.15) is 11.9 Å². The van der Waals surface area contributed by atoms with Gasteiger partial charge in [0.2, 0.25) is 10.0 Å². The van der Waals surface area contributed by atoms with Crippen molar-refractivity contribution in [2.24, 2.45) is 0 Å². The molecule has 1 aliphatic rings. The molecule has 1 aliphatic heterocycles. The average molecular weight is 372 g/mol. The van der Waals surface area contributed by atoms with Gasteiger partial charge in [0.15, 0.2) is 0 Å². The van der Waals surface area contributed by atoms with Crippen molar-refractivity contribution >= 4 is 21.9 Å². The molecule has 2 rings (SSSR count). The van der Waals surface area contributed by atoms with Crippen molar-refractivity contribution in [1.82, 2.24) is 9.21 Å². The highest BCUT2D eigenvalue weighted by molar-refractivity contribution is 7.89. The normalized spacial score (nSPS) is 17.9. The molecule has 0 bridgehead atoms. The molecule has 1 atom stereocenters. The number of nitrogens with zero attached hydrogens (tertiary/aromatic N) is 2. The maximum absolute atomic E-state index is 14.2. The highest BCUT2D eigenvalue weighted by Gasteiger charge is 2.36. The van der Waals surface area contributed by atoms with Crippen LogP contribution in [0, 0.1) is 5.82 Å². The van der Waals surface area contributed by atoms with Crippen LogP contribution in [0.4, 0.5) is 4.39 Å². The van der Waals surface area contributed by atoms with Gasteiger partial charge in [-0.2, -0.15) is 4.31 Å². The molecule has 0 aromatic heterocycles. The molecular formula is C16H21FN2O5S. The largest absolute Gasteiger partial charge is 0.480 e. The van der Waals surface area contributed by atoms with Gasteiger partial charge in [-0.1, -0.05) is 13.8 Å². The number of hydrogen-bond donors (Lipinski definition) is 1. The summed E-state index contributed by atoms with van der Waals surface area (Å²) in [6.07, 6.45) is 0.794. The molecule has 1 N–H and O–H groups in total. The Kier molecular flexibility index (Phi) is 5.79. The number of aliphatic carboxylic acids is 1. The smallest absolute Gasteiger partial charge is 0.326 e. The summed E-state index contributed by atoms with van der Waals surface area (Å²) in [7, 11) is -3.85. The fourth-order valence-electron chi connectivity index (χ4n) is 2.96. The summed E-state index contributed by atoms with van der Waals surface area (Å²) in [5.74, 6) is -2.84. The predicted octanol–water partition coefficient (Wildman–Crippen LogP) is 1.55. The molecule has 0 radical (unpaired) electrons. The molecule has 138 valence electrons. The Morgan fingerprint density at radius 1 is 1.32 bits per heavy atom. The molecule has 1 fully saturated rings. The summed E-state index contributed by atoms with van der Waals surface area (Å²) < 4.78 is 40.5. The van der Waals surface area contributed by atoms with Crippen LogP contribution in [-0.2, 0) is 14.8 Å². The van der Waals surface area contributed by atoms with Crippen LogP contribution < -0.4 is 0 Å². The lowest BCUT2D eigenvalue weighted by Crippen LogP contribution is -2.40. The molecule has 0 aliphatic carbocycles. The van der Waals surface area contributed by atoms with Gasteiger partial charge in [0.25, 0.3) is 5.91 Å². The summed E-state index contributed by atoms with van der Waals surface area (Å²) in [5, 5.41) is 9.18. The highest BCUT2D eigenvalue weighted by atomic mass is 32.2. The van der Waals surface area contributed by atoms with Crippen molar-refractivity contribution in [2.45, 2.75) is 37.6 Å². The van der Waals surface area contributed by atoms with E-state index >= 15 is 0 Å². The SMILES string of the molecule is CCN(CC)S(=O)(=O)c1ccc(F)c(C(=O)N2CCCC2C(=O)O)c1. The Balaban J connectivity index is 2.43. The molecule has 1 amide bonds. The van der Waals surface area contributed by atoms with Gasteiger partial charge in [-0.25, -0.2) is 17.6 Å². The third kappa shape index (κ3) is 3.67. The monoisotopic (exact) mass is 372 g/mol. The predicted molar refractivity (Wildman–Crippen MR) is 88.2 cm³/mol. The molecule has 0 spiro atoms. The number of carbonyl (C=O) groups is 2. The van der Waals surface area contributed by atoms with E-state index in [1.165, 1.54) is 4.31 Å². The van der Waals surface area contributed by atoms with Crippen molar-refractivity contribution < 1.29 is 27.5 Å². The number of carboxylic acids is 1. The Bertz CT molecular complexity index is 777. The number of carboxylic acid groups (broad SMARTS) is 1. The van der Waals surface area contributed by atoms with Gasteiger partial charge >= 0.3 is 5.97 Å². The summed E-state index contributed by atoms with van der Waals surface area (Å²) >= 11 is 0. The number of amides is 1. The number of halogens is 1. The van der Waals surface area contributed by atoms with E-state index in [0.29, 0.717) is 12.8 Å². The highest BCUT2D eigenvalue weighted by Crippen LogP contribution is 2.24. The summed E-state index contributed by atoms with van der Waals surface area (Å²) in [4.78, 5) is 24.7. The second-order valence-electron chi connectivity index (χ2n) is 5.73. The fraction of sp³-hybridized carbons (Fsp3) is 0.500. The topological polar surface area (TPSA) is 95.0 Å². The van der Waals surface area contributed by atoms with Crippen LogP contribution in [0.2, 0.25) is 0 Å². The van der Waals surface area contributed by atoms with Crippen LogP contribution in [0.5, 0.6) is 0 Å². The zero-order valence-corrected chi connectivity index (χ0v) is 14.9.